The molecule has 1 saturated heterocycles. The lowest BCUT2D eigenvalue weighted by molar-refractivity contribution is 0.136. The summed E-state index contributed by atoms with van der Waals surface area (Å²) in [5, 5.41) is 2.99. The Hall–Kier alpha value is -1.16. The number of halogens is 2. The molecule has 1 aliphatic rings. The SMILES string of the molecule is Fc1ccc(OC2CNC2)c(F)c1. The van der Waals surface area contributed by atoms with Crippen LogP contribution in [0.2, 0.25) is 0 Å². The minimum Gasteiger partial charge on any atom is -0.485 e. The second-order valence-corrected chi connectivity index (χ2v) is 2.97. The number of benzene rings is 1. The lowest BCUT2D eigenvalue weighted by atomic mass is 10.2. The standard InChI is InChI=1S/C9H9F2NO/c10-6-1-2-9(8(11)3-6)13-7-4-12-5-7/h1-3,7,12H,4-5H2. The van der Waals surface area contributed by atoms with Crippen molar-refractivity contribution in [3.63, 3.8) is 0 Å². The van der Waals surface area contributed by atoms with Crippen molar-refractivity contribution in [2.24, 2.45) is 0 Å². The first kappa shape index (κ1) is 8.44. The first-order valence-corrected chi connectivity index (χ1v) is 4.08. The van der Waals surface area contributed by atoms with Crippen LogP contribution in [0.4, 0.5) is 8.78 Å². The number of ether oxygens (including phenoxy) is 1. The van der Waals surface area contributed by atoms with Gasteiger partial charge in [0.1, 0.15) is 11.9 Å². The summed E-state index contributed by atoms with van der Waals surface area (Å²) in [5.41, 5.74) is 0. The van der Waals surface area contributed by atoms with Gasteiger partial charge in [-0.3, -0.25) is 0 Å². The molecule has 2 rings (SSSR count). The molecule has 1 aromatic carbocycles. The Bertz CT molecular complexity index is 312. The van der Waals surface area contributed by atoms with Crippen LogP contribution in [0.25, 0.3) is 0 Å². The highest BCUT2D eigenvalue weighted by atomic mass is 19.1. The largest absolute Gasteiger partial charge is 0.485 e. The van der Waals surface area contributed by atoms with Crippen LogP contribution < -0.4 is 10.1 Å². The third kappa shape index (κ3) is 1.78. The van der Waals surface area contributed by atoms with E-state index in [1.807, 2.05) is 0 Å². The molecule has 2 nitrogen and oxygen atoms in total. The summed E-state index contributed by atoms with van der Waals surface area (Å²) >= 11 is 0. The molecular weight excluding hydrogens is 176 g/mol. The lowest BCUT2D eigenvalue weighted by Gasteiger charge is -2.27. The molecule has 1 aliphatic heterocycles. The predicted octanol–water partition coefficient (Wildman–Crippen LogP) is 1.32. The first-order chi connectivity index (χ1) is 6.25. The molecule has 70 valence electrons. The fraction of sp³-hybridized carbons (Fsp3) is 0.333. The van der Waals surface area contributed by atoms with Crippen molar-refractivity contribution in [1.82, 2.24) is 5.32 Å². The summed E-state index contributed by atoms with van der Waals surface area (Å²) < 4.78 is 30.7. The maximum atomic E-state index is 13.0. The Kier molecular flexibility index (Phi) is 2.14. The molecule has 1 fully saturated rings. The van der Waals surface area contributed by atoms with Gasteiger partial charge in [-0.05, 0) is 12.1 Å². The van der Waals surface area contributed by atoms with Crippen molar-refractivity contribution in [1.29, 1.82) is 0 Å². The Morgan fingerprint density at radius 2 is 2.08 bits per heavy atom. The summed E-state index contributed by atoms with van der Waals surface area (Å²) in [7, 11) is 0. The van der Waals surface area contributed by atoms with Crippen molar-refractivity contribution in [2.75, 3.05) is 13.1 Å². The van der Waals surface area contributed by atoms with E-state index in [4.69, 9.17) is 4.74 Å². The van der Waals surface area contributed by atoms with Gasteiger partial charge in [0.2, 0.25) is 0 Å². The van der Waals surface area contributed by atoms with Gasteiger partial charge in [0.05, 0.1) is 0 Å². The van der Waals surface area contributed by atoms with Crippen LogP contribution in [-0.4, -0.2) is 19.2 Å². The summed E-state index contributed by atoms with van der Waals surface area (Å²) in [6, 6.07) is 3.31. The Morgan fingerprint density at radius 3 is 2.62 bits per heavy atom. The summed E-state index contributed by atoms with van der Waals surface area (Å²) in [4.78, 5) is 0. The van der Waals surface area contributed by atoms with Crippen LogP contribution in [0.3, 0.4) is 0 Å². The molecule has 1 N–H and O–H groups in total. The molecule has 13 heavy (non-hydrogen) atoms. The normalized spacial score (nSPS) is 16.8. The summed E-state index contributed by atoms with van der Waals surface area (Å²) in [6.07, 6.45) is 0.0139. The highest BCUT2D eigenvalue weighted by molar-refractivity contribution is 5.25. The van der Waals surface area contributed by atoms with Gasteiger partial charge in [0.15, 0.2) is 11.6 Å². The highest BCUT2D eigenvalue weighted by Crippen LogP contribution is 2.19. The van der Waals surface area contributed by atoms with Gasteiger partial charge < -0.3 is 10.1 Å². The molecule has 0 atom stereocenters. The fourth-order valence-electron chi connectivity index (χ4n) is 1.10. The van der Waals surface area contributed by atoms with Crippen LogP contribution >= 0.6 is 0 Å². The van der Waals surface area contributed by atoms with E-state index in [9.17, 15) is 8.78 Å². The monoisotopic (exact) mass is 185 g/mol. The molecule has 0 bridgehead atoms. The average Bonchev–Trinajstić information content (AvgIpc) is 1.99. The van der Waals surface area contributed by atoms with Crippen LogP contribution in [-0.2, 0) is 0 Å². The van der Waals surface area contributed by atoms with Crippen LogP contribution in [0, 0.1) is 11.6 Å². The van der Waals surface area contributed by atoms with E-state index < -0.39 is 11.6 Å². The van der Waals surface area contributed by atoms with Crippen molar-refractivity contribution >= 4 is 0 Å². The third-order valence-electron chi connectivity index (χ3n) is 1.93. The Balaban J connectivity index is 2.10. The zero-order valence-electron chi connectivity index (χ0n) is 6.89. The van der Waals surface area contributed by atoms with E-state index in [-0.39, 0.29) is 11.9 Å². The van der Waals surface area contributed by atoms with Crippen molar-refractivity contribution < 1.29 is 13.5 Å². The lowest BCUT2D eigenvalue weighted by Crippen LogP contribution is -2.50. The smallest absolute Gasteiger partial charge is 0.167 e. The molecular formula is C9H9F2NO. The van der Waals surface area contributed by atoms with Crippen LogP contribution in [0.15, 0.2) is 18.2 Å². The minimum absolute atomic E-state index is 0.0139. The summed E-state index contributed by atoms with van der Waals surface area (Å²) in [6.45, 7) is 1.44. The van der Waals surface area contributed by atoms with Crippen molar-refractivity contribution in [2.45, 2.75) is 6.10 Å². The molecule has 0 spiro atoms. The van der Waals surface area contributed by atoms with E-state index in [2.05, 4.69) is 5.32 Å². The molecule has 1 aromatic rings. The van der Waals surface area contributed by atoms with Gasteiger partial charge >= 0.3 is 0 Å². The second-order valence-electron chi connectivity index (χ2n) is 2.97. The molecule has 0 aliphatic carbocycles. The molecule has 0 unspecified atom stereocenters. The van der Waals surface area contributed by atoms with Crippen molar-refractivity contribution in [3.05, 3.63) is 29.8 Å². The van der Waals surface area contributed by atoms with E-state index in [1.54, 1.807) is 0 Å². The number of hydrogen-bond acceptors (Lipinski definition) is 2. The fourth-order valence-corrected chi connectivity index (χ4v) is 1.10. The Morgan fingerprint density at radius 1 is 1.31 bits per heavy atom. The molecule has 0 saturated carbocycles. The molecule has 1 heterocycles. The van der Waals surface area contributed by atoms with E-state index >= 15 is 0 Å². The minimum atomic E-state index is -0.646. The van der Waals surface area contributed by atoms with Gasteiger partial charge in [0.25, 0.3) is 0 Å². The van der Waals surface area contributed by atoms with E-state index in [0.29, 0.717) is 0 Å². The number of nitrogens with one attached hydrogen (secondary N) is 1. The maximum absolute atomic E-state index is 13.0. The first-order valence-electron chi connectivity index (χ1n) is 4.08. The third-order valence-corrected chi connectivity index (χ3v) is 1.93. The average molecular weight is 185 g/mol. The molecule has 0 amide bonds. The molecule has 0 aromatic heterocycles. The van der Waals surface area contributed by atoms with E-state index in [1.165, 1.54) is 12.1 Å². The molecule has 4 heteroatoms. The van der Waals surface area contributed by atoms with E-state index in [0.717, 1.165) is 19.2 Å². The highest BCUT2D eigenvalue weighted by Gasteiger charge is 2.19. The van der Waals surface area contributed by atoms with Crippen LogP contribution in [0.1, 0.15) is 0 Å². The quantitative estimate of drug-likeness (QED) is 0.750. The van der Waals surface area contributed by atoms with Crippen molar-refractivity contribution in [3.8, 4) is 5.75 Å². The maximum Gasteiger partial charge on any atom is 0.167 e. The second kappa shape index (κ2) is 3.30. The van der Waals surface area contributed by atoms with Gasteiger partial charge in [-0.25, -0.2) is 8.78 Å². The van der Waals surface area contributed by atoms with Gasteiger partial charge in [0, 0.05) is 19.2 Å². The number of rotatable bonds is 2. The summed E-state index contributed by atoms with van der Waals surface area (Å²) in [5.74, 6) is -1.11. The van der Waals surface area contributed by atoms with Gasteiger partial charge in [-0.15, -0.1) is 0 Å². The van der Waals surface area contributed by atoms with Gasteiger partial charge in [-0.1, -0.05) is 0 Å². The number of hydrogen-bond donors (Lipinski definition) is 1. The molecule has 0 radical (unpaired) electrons. The topological polar surface area (TPSA) is 21.3 Å². The van der Waals surface area contributed by atoms with Crippen LogP contribution in [0.5, 0.6) is 5.75 Å². The Labute approximate surface area is 74.5 Å². The van der Waals surface area contributed by atoms with Gasteiger partial charge in [-0.2, -0.15) is 0 Å². The predicted molar refractivity (Wildman–Crippen MR) is 43.6 cm³/mol. The zero-order chi connectivity index (χ0) is 9.26. The zero-order valence-corrected chi connectivity index (χ0v) is 6.89.